The Labute approximate surface area is 652 Å². The van der Waals surface area contributed by atoms with Crippen LogP contribution in [-0.2, 0) is 91.9 Å². The summed E-state index contributed by atoms with van der Waals surface area (Å²) in [5.74, 6) is 2.75. The zero-order valence-electron chi connectivity index (χ0n) is 73.8. The molecule has 0 radical (unpaired) electrons. The number of aromatic amines is 3. The number of fused-ring (bicyclic) bond motifs is 5. The molecular weight excluding hydrogens is 1310 g/mol. The number of ketones is 3. The minimum absolute atomic E-state index is 0. The number of H-pyrrole nitrogens is 3. The van der Waals surface area contributed by atoms with E-state index in [1.54, 1.807) is 18.1 Å². The first-order chi connectivity index (χ1) is 51.3. The predicted octanol–water partition coefficient (Wildman–Crippen LogP) is -4.54. The topological polar surface area (TPSA) is 422 Å². The fourth-order valence-corrected chi connectivity index (χ4v) is 8.64. The maximum absolute atomic E-state index is 12.8. The van der Waals surface area contributed by atoms with Gasteiger partial charge in [0.25, 0.3) is 28.7 Å². The van der Waals surface area contributed by atoms with Crippen molar-refractivity contribution in [1.29, 1.82) is 0 Å². The van der Waals surface area contributed by atoms with Crippen LogP contribution < -0.4 is 157 Å². The summed E-state index contributed by atoms with van der Waals surface area (Å²) in [5, 5.41) is 8.43. The number of hydrogen-bond donors (Lipinski definition) is 3. The van der Waals surface area contributed by atoms with Crippen molar-refractivity contribution in [2.75, 3.05) is 5.88 Å². The van der Waals surface area contributed by atoms with Crippen LogP contribution >= 0.6 is 11.6 Å². The van der Waals surface area contributed by atoms with Crippen molar-refractivity contribution in [3.05, 3.63) is 119 Å². The Morgan fingerprint density at radius 3 is 1.72 bits per heavy atom. The number of alkyl halides is 1. The first-order valence-corrected chi connectivity index (χ1v) is 30.7. The molecule has 93 heavy (non-hydrogen) atoms. The minimum Gasteiger partial charge on any atom is -1.00 e. The van der Waals surface area contributed by atoms with Crippen molar-refractivity contribution >= 4 is 101 Å². The molecule has 0 saturated heterocycles. The average Bonchev–Trinajstić information content (AvgIpc) is 1.62. The largest absolute Gasteiger partial charge is 1.00 e. The first-order valence-electron chi connectivity index (χ1n) is 37.3. The van der Waals surface area contributed by atoms with Gasteiger partial charge in [-0.05, 0) is 85.9 Å². The van der Waals surface area contributed by atoms with Gasteiger partial charge in [0, 0.05) is 133 Å². The molecule has 0 bridgehead atoms. The van der Waals surface area contributed by atoms with E-state index in [9.17, 15) is 52.7 Å². The number of rotatable bonds is 17. The van der Waals surface area contributed by atoms with Crippen LogP contribution in [0.5, 0.6) is 5.88 Å². The van der Waals surface area contributed by atoms with E-state index in [1.807, 2.05) is 13.1 Å². The minimum atomic E-state index is -3.13. The van der Waals surface area contributed by atoms with Crippen LogP contribution in [0.4, 0.5) is 11.6 Å². The van der Waals surface area contributed by atoms with E-state index in [4.69, 9.17) is 54.9 Å². The van der Waals surface area contributed by atoms with Gasteiger partial charge in [-0.25, -0.2) is 49.1 Å². The van der Waals surface area contributed by atoms with Crippen molar-refractivity contribution in [2.24, 2.45) is 51.8 Å². The molecule has 0 fully saturated rings. The van der Waals surface area contributed by atoms with E-state index in [0.717, 1.165) is 61.9 Å². The number of unbranched alkanes of at least 4 members (excludes halogenated alkanes) is 2. The van der Waals surface area contributed by atoms with E-state index in [2.05, 4.69) is 69.4 Å². The third-order valence-electron chi connectivity index (χ3n) is 11.8. The monoisotopic (exact) mass is 1400 g/mol. The Morgan fingerprint density at radius 1 is 0.677 bits per heavy atom. The molecule has 10 heterocycles. The number of aromatic nitrogens is 16. The van der Waals surface area contributed by atoms with E-state index in [-0.39, 0.29) is 174 Å². The molecule has 37 heteroatoms. The van der Waals surface area contributed by atoms with Crippen LogP contribution in [-0.4, -0.2) is 127 Å². The summed E-state index contributed by atoms with van der Waals surface area (Å²) in [7, 11) is -1.61. The van der Waals surface area contributed by atoms with Gasteiger partial charge in [-0.3, -0.25) is 61.8 Å². The molecular formula is C56H77ClK2N18O15Si. The molecule has 0 atom stereocenters. The molecule has 2 aliphatic heterocycles. The molecule has 2 aliphatic rings. The van der Waals surface area contributed by atoms with Gasteiger partial charge >= 0.3 is 126 Å². The number of carbonyl (C=O) groups is 4. The molecule has 8 aromatic heterocycles. The van der Waals surface area contributed by atoms with Crippen LogP contribution in [0.3, 0.4) is 0 Å². The number of carbonyl (C=O) groups excluding carboxylic acids is 4. The van der Waals surface area contributed by atoms with Crippen molar-refractivity contribution in [1.82, 2.24) is 76.4 Å². The number of imidazole rings is 3. The summed E-state index contributed by atoms with van der Waals surface area (Å²) in [6.45, 7) is -5.88. The normalized spacial score (nSPS) is 15.5. The maximum atomic E-state index is 12.8. The van der Waals surface area contributed by atoms with Gasteiger partial charge in [-0.1, -0.05) is 0 Å². The van der Waals surface area contributed by atoms with Crippen LogP contribution in [0.25, 0.3) is 33.5 Å². The fourth-order valence-electron chi connectivity index (χ4n) is 7.70. The molecule has 10 rings (SSSR count). The second kappa shape index (κ2) is 39.4. The summed E-state index contributed by atoms with van der Waals surface area (Å²) < 4.78 is 166. The van der Waals surface area contributed by atoms with E-state index >= 15 is 0 Å². The fraction of sp³-hybridized carbons (Fsp3) is 0.482. The zero-order chi connectivity index (χ0) is 85.7. The van der Waals surface area contributed by atoms with Crippen molar-refractivity contribution in [2.45, 2.75) is 131 Å². The maximum Gasteiger partial charge on any atom is 1.00 e. The molecule has 0 amide bonds. The number of aryl methyl sites for hydroxylation is 7. The quantitative estimate of drug-likeness (QED) is 0.0193. The molecule has 0 saturated carbocycles. The Bertz CT molecular complexity index is 5350. The van der Waals surface area contributed by atoms with Gasteiger partial charge in [0.15, 0.2) is 39.3 Å². The van der Waals surface area contributed by atoms with Gasteiger partial charge in [-0.2, -0.15) is 4.98 Å². The van der Waals surface area contributed by atoms with Gasteiger partial charge < -0.3 is 44.1 Å². The van der Waals surface area contributed by atoms with E-state index in [0.29, 0.717) is 59.4 Å². The Hall–Kier alpha value is -6.43. The molecule has 0 spiro atoms. The third-order valence-corrected chi connectivity index (χ3v) is 12.8. The van der Waals surface area contributed by atoms with E-state index in [1.165, 1.54) is 6.92 Å². The summed E-state index contributed by atoms with van der Waals surface area (Å²) in [6, 6.07) is 0. The Balaban J connectivity index is 0.000000706. The van der Waals surface area contributed by atoms with E-state index < -0.39 is 148 Å². The molecule has 0 aromatic carbocycles. The first kappa shape index (κ1) is 53.8. The zero-order valence-corrected chi connectivity index (χ0v) is 59.8. The number of nitrogens with one attached hydrogen (secondary N) is 3. The van der Waals surface area contributed by atoms with Crippen molar-refractivity contribution in [3.63, 3.8) is 0 Å². The molecule has 33 nitrogen and oxygen atoms in total. The summed E-state index contributed by atoms with van der Waals surface area (Å²) in [5.41, 5.74) is -9.44. The number of halogens is 1. The number of aliphatic imine (C=N–C) groups is 2. The average molecular weight is 1410 g/mol. The van der Waals surface area contributed by atoms with Gasteiger partial charge in [0.05, 0.1) is 30.1 Å². The van der Waals surface area contributed by atoms with Crippen LogP contribution in [0.15, 0.2) is 67.3 Å². The number of hydrogen-bond acceptors (Lipinski definition) is 22. The van der Waals surface area contributed by atoms with Crippen molar-refractivity contribution in [3.8, 4) is 5.88 Å². The van der Waals surface area contributed by atoms with Crippen molar-refractivity contribution < 1.29 is 167 Å². The molecule has 0 aliphatic carbocycles. The molecule has 0 unspecified atom stereocenters. The Morgan fingerprint density at radius 2 is 1.19 bits per heavy atom. The molecule has 494 valence electrons. The third kappa shape index (κ3) is 24.1. The predicted molar refractivity (Wildman–Crippen MR) is 342 cm³/mol. The second-order valence-electron chi connectivity index (χ2n) is 19.9. The SMILES string of the molecule is CC(=O)CCCCCl.Cc1nc2c(c(O[Si](C)(C)C)n1)CC=N2.O=CO[O-].O=c1[nH]c2c(c(=O)[nH]1)CC=N2.[2H]C([2H])([2H])n1cnc2c1c(=O)[nH]c(=O)n2C([2H])([2H])[2H].[2H]C([2H])([2H])n1cnc2c1c(=O)n(CCCCC(C)=O)c(=O)n2C([2H])([2H])[2H].[2H]c1nc2c(c(=O)n(CCCC([2H])([2H])C(C)=O)c(=O)n2C([2H])([2H])[2H])n1C([2H])([2H])[2H].[H-].[K+].[K+]. The van der Waals surface area contributed by atoms with Gasteiger partial charge in [0.1, 0.15) is 30.4 Å². The summed E-state index contributed by atoms with van der Waals surface area (Å²) in [6.07, 6.45) is 6.26. The smallest absolute Gasteiger partial charge is 1.00 e. The number of nitrogens with zero attached hydrogens (tertiary/aromatic N) is 15. The van der Waals surface area contributed by atoms with Crippen LogP contribution in [0.2, 0.25) is 19.6 Å². The Kier molecular flexibility index (Phi) is 22.8. The molecule has 3 N–H and O–H groups in total. The summed E-state index contributed by atoms with van der Waals surface area (Å²) in [4.78, 5) is 173. The molecule has 8 aromatic rings. The number of Topliss-reactive ketones (excluding diaryl/α,β-unsaturated/α-hetero) is 3. The van der Waals surface area contributed by atoms with Crippen LogP contribution in [0.1, 0.15) is 126 Å². The second-order valence-corrected chi connectivity index (χ2v) is 24.7. The summed E-state index contributed by atoms with van der Waals surface area (Å²) >= 11 is 5.37. The van der Waals surface area contributed by atoms with Crippen LogP contribution in [0, 0.1) is 6.92 Å². The standard InChI is InChI=1S/2C13H18N4O3.C10H15N3OSi.C7H8N4O2.C6H11ClO.C6H5N3O2.CH2O3.2K.H/c2*1-9(18)6-4-5-7-17-12(19)10-11(14-8-15(10)2)16(3)13(17)20;1-7-12-9-8(5-6-11-9)10(13-7)14-15(2,3)4;1-10-3-8-5-4(10)6(12)9-7(13)11(5)2;1-6(8)4-2-3-5-7;10-5-3-1-2-7-4(3)8-6(11)9-5;2-1-4-3;;;/h2*8H,4-7H2,1-3H3;6H,5H2,1-4H3;3H,1-2H3,(H,9,12,13);2-5H2,1H3;2H,1H2,(H2,8,9,10,11);1,3H;;;/q;;;;;;;2*+1;-1/p-1/i2D3,3D3,6D2,8D;2D3,3D3;;1D3,2D3;;;;;;. The van der Waals surface area contributed by atoms with Gasteiger partial charge in [-0.15, -0.1) is 11.6 Å². The van der Waals surface area contributed by atoms with Gasteiger partial charge in [0.2, 0.25) is 14.2 Å².